The smallest absolute Gasteiger partial charge is 0.353 e. The summed E-state index contributed by atoms with van der Waals surface area (Å²) >= 11 is 5.88. The van der Waals surface area contributed by atoms with Crippen molar-refractivity contribution < 1.29 is 17.0 Å². The van der Waals surface area contributed by atoms with Crippen molar-refractivity contribution in [1.29, 1.82) is 0 Å². The molecule has 0 spiro atoms. The van der Waals surface area contributed by atoms with E-state index in [0.717, 1.165) is 22.6 Å². The van der Waals surface area contributed by atoms with E-state index in [1.54, 1.807) is 0 Å². The lowest BCUT2D eigenvalue weighted by molar-refractivity contribution is -0.647. The van der Waals surface area contributed by atoms with Crippen molar-refractivity contribution in [2.75, 3.05) is 5.73 Å². The molecule has 0 saturated heterocycles. The zero-order chi connectivity index (χ0) is 12.5. The van der Waals surface area contributed by atoms with Crippen molar-refractivity contribution in [1.82, 2.24) is 4.98 Å². The Morgan fingerprint density at radius 2 is 1.74 bits per heavy atom. The molecule has 19 heavy (non-hydrogen) atoms. The van der Waals surface area contributed by atoms with Crippen molar-refractivity contribution in [3.05, 3.63) is 59.1 Å². The number of anilines is 1. The van der Waals surface area contributed by atoms with Crippen molar-refractivity contribution in [2.24, 2.45) is 0 Å². The first kappa shape index (κ1) is 13.7. The molecule has 0 unspecified atom stereocenters. The number of benzene rings is 2. The first-order valence-electron chi connectivity index (χ1n) is 5.74. The maximum absolute atomic E-state index is 6.01. The highest BCUT2D eigenvalue weighted by molar-refractivity contribution is 6.30. The average molecular weight is 294 g/mol. The number of imidazole rings is 1. The minimum Gasteiger partial charge on any atom is -1.00 e. The van der Waals surface area contributed by atoms with E-state index in [1.165, 1.54) is 5.56 Å². The number of para-hydroxylation sites is 2. The Bertz CT molecular complexity index is 689. The van der Waals surface area contributed by atoms with Gasteiger partial charge in [0.2, 0.25) is 0 Å². The summed E-state index contributed by atoms with van der Waals surface area (Å²) in [6.45, 7) is 0.729. The Morgan fingerprint density at radius 3 is 2.47 bits per heavy atom. The fraction of sp³-hybridized carbons (Fsp3) is 0.0714. The Balaban J connectivity index is 0.00000133. The van der Waals surface area contributed by atoms with Crippen molar-refractivity contribution in [3.63, 3.8) is 0 Å². The summed E-state index contributed by atoms with van der Waals surface area (Å²) in [5.41, 5.74) is 9.33. The Hall–Kier alpha value is -1.71. The SMILES string of the molecule is Nc1[nH]c2ccccc2[n+]1Cc1ccc(Cl)cc1.[Cl-]. The first-order chi connectivity index (χ1) is 8.74. The zero-order valence-corrected chi connectivity index (χ0v) is 11.6. The molecule has 3 nitrogen and oxygen atoms in total. The van der Waals surface area contributed by atoms with E-state index >= 15 is 0 Å². The first-order valence-corrected chi connectivity index (χ1v) is 6.12. The molecule has 0 radical (unpaired) electrons. The van der Waals surface area contributed by atoms with E-state index < -0.39 is 0 Å². The van der Waals surface area contributed by atoms with E-state index in [0.29, 0.717) is 5.95 Å². The van der Waals surface area contributed by atoms with Crippen LogP contribution in [0.5, 0.6) is 0 Å². The quantitative estimate of drug-likeness (QED) is 0.629. The second kappa shape index (κ2) is 5.51. The van der Waals surface area contributed by atoms with Gasteiger partial charge in [0.15, 0.2) is 0 Å². The summed E-state index contributed by atoms with van der Waals surface area (Å²) in [6, 6.07) is 15.9. The van der Waals surface area contributed by atoms with Gasteiger partial charge in [0.05, 0.1) is 6.54 Å². The zero-order valence-electron chi connectivity index (χ0n) is 10.1. The molecule has 3 N–H and O–H groups in total. The molecule has 0 aliphatic heterocycles. The molecule has 5 heteroatoms. The standard InChI is InChI=1S/C14H12ClN3.ClH/c15-11-7-5-10(6-8-11)9-18-13-4-2-1-3-12(13)17-14(18)16;/h1-8H,9H2,(H2,16,17);1H. The summed E-state index contributed by atoms with van der Waals surface area (Å²) in [5, 5.41) is 0.746. The van der Waals surface area contributed by atoms with Gasteiger partial charge in [-0.05, 0) is 29.8 Å². The molecule has 0 aliphatic carbocycles. The van der Waals surface area contributed by atoms with Crippen LogP contribution in [-0.4, -0.2) is 4.98 Å². The molecule has 3 rings (SSSR count). The summed E-state index contributed by atoms with van der Waals surface area (Å²) in [4.78, 5) is 3.17. The summed E-state index contributed by atoms with van der Waals surface area (Å²) in [6.07, 6.45) is 0. The van der Waals surface area contributed by atoms with Crippen LogP contribution in [0.2, 0.25) is 5.02 Å². The number of nitrogens with one attached hydrogen (secondary N) is 1. The van der Waals surface area contributed by atoms with Crippen LogP contribution in [-0.2, 0) is 6.54 Å². The largest absolute Gasteiger partial charge is 1.00 e. The maximum atomic E-state index is 6.01. The van der Waals surface area contributed by atoms with Crippen LogP contribution in [0.15, 0.2) is 48.5 Å². The van der Waals surface area contributed by atoms with Crippen molar-refractivity contribution in [2.45, 2.75) is 6.54 Å². The third-order valence-corrected chi connectivity index (χ3v) is 3.25. The number of nitrogens with zero attached hydrogens (tertiary/aromatic N) is 1. The molecular weight excluding hydrogens is 281 g/mol. The van der Waals surface area contributed by atoms with Crippen LogP contribution in [0.25, 0.3) is 11.0 Å². The van der Waals surface area contributed by atoms with Gasteiger partial charge in [0.1, 0.15) is 11.0 Å². The fourth-order valence-corrected chi connectivity index (χ4v) is 2.22. The molecule has 0 saturated carbocycles. The van der Waals surface area contributed by atoms with Gasteiger partial charge in [-0.25, -0.2) is 9.55 Å². The van der Waals surface area contributed by atoms with Gasteiger partial charge >= 0.3 is 5.95 Å². The number of hydrogen-bond donors (Lipinski definition) is 2. The Labute approximate surface area is 122 Å². The van der Waals surface area contributed by atoms with Crippen LogP contribution in [0.3, 0.4) is 0 Å². The average Bonchev–Trinajstić information content (AvgIpc) is 2.69. The highest BCUT2D eigenvalue weighted by Gasteiger charge is 2.13. The van der Waals surface area contributed by atoms with Gasteiger partial charge < -0.3 is 12.4 Å². The number of halogens is 2. The molecule has 2 aromatic carbocycles. The van der Waals surface area contributed by atoms with Gasteiger partial charge in [0, 0.05) is 5.02 Å². The Kier molecular flexibility index (Phi) is 3.98. The molecule has 1 heterocycles. The predicted octanol–water partition coefficient (Wildman–Crippen LogP) is -0.257. The number of hydrogen-bond acceptors (Lipinski definition) is 1. The lowest BCUT2D eigenvalue weighted by Crippen LogP contribution is -3.00. The number of nitrogen functional groups attached to an aromatic ring is 1. The van der Waals surface area contributed by atoms with E-state index in [2.05, 4.69) is 15.6 Å². The van der Waals surface area contributed by atoms with Gasteiger partial charge in [-0.15, -0.1) is 0 Å². The minimum atomic E-state index is 0. The monoisotopic (exact) mass is 293 g/mol. The lowest BCUT2D eigenvalue weighted by atomic mass is 10.2. The molecule has 0 aliphatic rings. The van der Waals surface area contributed by atoms with E-state index in [9.17, 15) is 0 Å². The fourth-order valence-electron chi connectivity index (χ4n) is 2.09. The normalized spacial score (nSPS) is 10.4. The predicted molar refractivity (Wildman–Crippen MR) is 73.5 cm³/mol. The van der Waals surface area contributed by atoms with Gasteiger partial charge in [0.25, 0.3) is 0 Å². The van der Waals surface area contributed by atoms with Crippen LogP contribution < -0.4 is 22.7 Å². The number of aromatic amines is 1. The molecule has 98 valence electrons. The number of nitrogens with two attached hydrogens (primary N) is 1. The maximum Gasteiger partial charge on any atom is 0.353 e. The number of fused-ring (bicyclic) bond motifs is 1. The second-order valence-electron chi connectivity index (χ2n) is 4.24. The highest BCUT2D eigenvalue weighted by Crippen LogP contribution is 2.13. The molecule has 0 amide bonds. The van der Waals surface area contributed by atoms with E-state index in [1.807, 2.05) is 42.5 Å². The van der Waals surface area contributed by atoms with Crippen molar-refractivity contribution >= 4 is 28.6 Å². The molecule has 0 atom stereocenters. The number of aromatic nitrogens is 2. The number of rotatable bonds is 2. The van der Waals surface area contributed by atoms with Crippen LogP contribution in [0, 0.1) is 0 Å². The van der Waals surface area contributed by atoms with Crippen LogP contribution in [0.1, 0.15) is 5.56 Å². The van der Waals surface area contributed by atoms with Gasteiger partial charge in [-0.2, -0.15) is 0 Å². The summed E-state index contributed by atoms with van der Waals surface area (Å²) in [7, 11) is 0. The second-order valence-corrected chi connectivity index (χ2v) is 4.68. The van der Waals surface area contributed by atoms with Gasteiger partial charge in [-0.3, -0.25) is 5.73 Å². The minimum absolute atomic E-state index is 0. The molecular formula is C14H13Cl2N3. The summed E-state index contributed by atoms with van der Waals surface area (Å²) < 4.78 is 2.05. The third-order valence-electron chi connectivity index (χ3n) is 3.00. The summed E-state index contributed by atoms with van der Waals surface area (Å²) in [5.74, 6) is 0.658. The molecule has 3 aromatic rings. The topological polar surface area (TPSA) is 45.7 Å². The Morgan fingerprint density at radius 1 is 1.05 bits per heavy atom. The lowest BCUT2D eigenvalue weighted by Gasteiger charge is -2.01. The molecule has 0 bridgehead atoms. The molecule has 1 aromatic heterocycles. The van der Waals surface area contributed by atoms with E-state index in [-0.39, 0.29) is 12.4 Å². The van der Waals surface area contributed by atoms with Gasteiger partial charge in [-0.1, -0.05) is 35.9 Å². The van der Waals surface area contributed by atoms with Crippen LogP contribution in [0.4, 0.5) is 5.95 Å². The van der Waals surface area contributed by atoms with Crippen LogP contribution >= 0.6 is 11.6 Å². The van der Waals surface area contributed by atoms with Crippen molar-refractivity contribution in [3.8, 4) is 0 Å². The third kappa shape index (κ3) is 2.67. The number of H-pyrrole nitrogens is 1. The van der Waals surface area contributed by atoms with E-state index in [4.69, 9.17) is 17.3 Å². The molecule has 0 fully saturated rings. The highest BCUT2D eigenvalue weighted by atomic mass is 35.5.